The Hall–Kier alpha value is -2.29. The van der Waals surface area contributed by atoms with Gasteiger partial charge in [-0.3, -0.25) is 9.59 Å². The molecule has 0 aromatic carbocycles. The van der Waals surface area contributed by atoms with E-state index in [9.17, 15) is 9.59 Å². The Morgan fingerprint density at radius 3 is 2.71 bits per heavy atom. The molecule has 0 radical (unpaired) electrons. The van der Waals surface area contributed by atoms with Gasteiger partial charge in [-0.2, -0.15) is 10.1 Å². The number of pyridine rings is 1. The van der Waals surface area contributed by atoms with Gasteiger partial charge >= 0.3 is 0 Å². The fraction of sp³-hybridized carbons (Fsp3) is 0.529. The Kier molecular flexibility index (Phi) is 6.43. The summed E-state index contributed by atoms with van der Waals surface area (Å²) in [5.41, 5.74) is 4.68. The van der Waals surface area contributed by atoms with Crippen LogP contribution < -0.4 is 20.9 Å². The summed E-state index contributed by atoms with van der Waals surface area (Å²) in [6.45, 7) is 1.26. The van der Waals surface area contributed by atoms with E-state index in [0.29, 0.717) is 23.3 Å². The number of carbonyl (C=O) groups excluding carboxylic acids is 1. The lowest BCUT2D eigenvalue weighted by Crippen LogP contribution is -2.34. The number of rotatable bonds is 7. The van der Waals surface area contributed by atoms with Crippen LogP contribution in [-0.2, 0) is 11.3 Å². The fourth-order valence-corrected chi connectivity index (χ4v) is 4.07. The predicted octanol–water partition coefficient (Wildman–Crippen LogP) is 0.188. The number of piperidine rings is 1. The third-order valence-electron chi connectivity index (χ3n) is 4.96. The van der Waals surface area contributed by atoms with Crippen molar-refractivity contribution in [2.45, 2.75) is 25.8 Å². The number of ether oxygens (including phenoxy) is 1. The van der Waals surface area contributed by atoms with Crippen molar-refractivity contribution in [1.29, 1.82) is 0 Å². The van der Waals surface area contributed by atoms with E-state index in [4.69, 9.17) is 20.3 Å². The van der Waals surface area contributed by atoms with E-state index in [1.807, 2.05) is 0 Å². The van der Waals surface area contributed by atoms with Crippen LogP contribution in [-0.4, -0.2) is 56.8 Å². The van der Waals surface area contributed by atoms with Gasteiger partial charge in [-0.25, -0.2) is 4.68 Å². The van der Waals surface area contributed by atoms with Crippen molar-refractivity contribution in [1.82, 2.24) is 14.8 Å². The SMILES string of the molecule is COc1nc(N2CCC(CCP(O)O)CC2)cc2cnn(CC(N)=O)c(=O)c12. The Labute approximate surface area is 162 Å². The lowest BCUT2D eigenvalue weighted by atomic mass is 9.94. The number of primary amides is 1. The Balaban J connectivity index is 1.84. The number of hydrogen-bond acceptors (Lipinski definition) is 8. The van der Waals surface area contributed by atoms with E-state index >= 15 is 0 Å². The molecule has 3 heterocycles. The van der Waals surface area contributed by atoms with Crippen LogP contribution in [0.2, 0.25) is 0 Å². The second-order valence-corrected chi connectivity index (χ2v) is 8.03. The molecule has 28 heavy (non-hydrogen) atoms. The highest BCUT2D eigenvalue weighted by Gasteiger charge is 2.23. The van der Waals surface area contributed by atoms with Crippen molar-refractivity contribution in [3.8, 4) is 5.88 Å². The van der Waals surface area contributed by atoms with Crippen LogP contribution in [0.1, 0.15) is 19.3 Å². The van der Waals surface area contributed by atoms with Crippen LogP contribution in [0.5, 0.6) is 5.88 Å². The van der Waals surface area contributed by atoms with Crippen molar-refractivity contribution < 1.29 is 19.3 Å². The molecule has 11 heteroatoms. The zero-order valence-electron chi connectivity index (χ0n) is 15.6. The number of amides is 1. The van der Waals surface area contributed by atoms with Crippen molar-refractivity contribution in [2.24, 2.45) is 11.7 Å². The summed E-state index contributed by atoms with van der Waals surface area (Å²) >= 11 is 0. The molecule has 1 aliphatic rings. The van der Waals surface area contributed by atoms with Crippen LogP contribution >= 0.6 is 8.38 Å². The average Bonchev–Trinajstić information content (AvgIpc) is 2.67. The van der Waals surface area contributed by atoms with Crippen molar-refractivity contribution >= 4 is 30.9 Å². The third kappa shape index (κ3) is 4.57. The smallest absolute Gasteiger partial charge is 0.280 e. The topological polar surface area (TPSA) is 144 Å². The number of hydrogen-bond donors (Lipinski definition) is 3. The normalized spacial score (nSPS) is 15.4. The van der Waals surface area contributed by atoms with Gasteiger partial charge < -0.3 is 25.2 Å². The highest BCUT2D eigenvalue weighted by molar-refractivity contribution is 7.45. The Morgan fingerprint density at radius 2 is 2.11 bits per heavy atom. The minimum Gasteiger partial charge on any atom is -0.480 e. The van der Waals surface area contributed by atoms with Crippen LogP contribution in [0.25, 0.3) is 10.8 Å². The minimum absolute atomic E-state index is 0.187. The first-order valence-electron chi connectivity index (χ1n) is 9.02. The summed E-state index contributed by atoms with van der Waals surface area (Å²) < 4.78 is 6.33. The highest BCUT2D eigenvalue weighted by Crippen LogP contribution is 2.32. The predicted molar refractivity (Wildman–Crippen MR) is 105 cm³/mol. The fourth-order valence-electron chi connectivity index (χ4n) is 3.48. The van der Waals surface area contributed by atoms with Gasteiger partial charge in [-0.1, -0.05) is 0 Å². The first-order valence-corrected chi connectivity index (χ1v) is 10.5. The molecule has 152 valence electrons. The van der Waals surface area contributed by atoms with Crippen molar-refractivity contribution in [2.75, 3.05) is 31.3 Å². The summed E-state index contributed by atoms with van der Waals surface area (Å²) in [5, 5.41) is 4.86. The summed E-state index contributed by atoms with van der Waals surface area (Å²) in [6.07, 6.45) is 4.63. The zero-order valence-corrected chi connectivity index (χ0v) is 16.5. The lowest BCUT2D eigenvalue weighted by Gasteiger charge is -2.33. The molecule has 3 rings (SSSR count). The van der Waals surface area contributed by atoms with Gasteiger partial charge in [-0.15, -0.1) is 0 Å². The van der Waals surface area contributed by atoms with Crippen LogP contribution in [0.3, 0.4) is 0 Å². The van der Waals surface area contributed by atoms with E-state index in [1.54, 1.807) is 6.07 Å². The lowest BCUT2D eigenvalue weighted by molar-refractivity contribution is -0.118. The molecule has 1 saturated heterocycles. The van der Waals surface area contributed by atoms with Crippen LogP contribution in [0.15, 0.2) is 17.1 Å². The average molecular weight is 409 g/mol. The number of nitrogens with zero attached hydrogens (tertiary/aromatic N) is 4. The van der Waals surface area contributed by atoms with Crippen molar-refractivity contribution in [3.05, 3.63) is 22.6 Å². The van der Waals surface area contributed by atoms with Crippen LogP contribution in [0, 0.1) is 5.92 Å². The Morgan fingerprint density at radius 1 is 1.39 bits per heavy atom. The molecule has 1 aliphatic heterocycles. The molecule has 1 amide bonds. The highest BCUT2D eigenvalue weighted by atomic mass is 31.2. The van der Waals surface area contributed by atoms with E-state index in [0.717, 1.165) is 37.0 Å². The number of anilines is 1. The van der Waals surface area contributed by atoms with E-state index < -0.39 is 19.8 Å². The van der Waals surface area contributed by atoms with Gasteiger partial charge in [0, 0.05) is 24.6 Å². The van der Waals surface area contributed by atoms with E-state index in [1.165, 1.54) is 13.3 Å². The molecular weight excluding hydrogens is 385 g/mol. The zero-order chi connectivity index (χ0) is 20.3. The maximum Gasteiger partial charge on any atom is 0.280 e. The largest absolute Gasteiger partial charge is 0.480 e. The van der Waals surface area contributed by atoms with Gasteiger partial charge in [0.25, 0.3) is 5.56 Å². The molecule has 2 aromatic rings. The van der Waals surface area contributed by atoms with Crippen LogP contribution in [0.4, 0.5) is 5.82 Å². The van der Waals surface area contributed by atoms with E-state index in [-0.39, 0.29) is 17.8 Å². The standard InChI is InChI=1S/C17H24N5O5P/c1-27-16-15-12(9-19-22(17(15)24)10-13(18)23)8-14(20-16)21-5-2-11(3-6-21)4-7-28(25)26/h8-9,11,25-26H,2-7,10H2,1H3,(H2,18,23). The first kappa shape index (κ1) is 20.4. The summed E-state index contributed by atoms with van der Waals surface area (Å²) in [4.78, 5) is 48.5. The number of fused-ring (bicyclic) bond motifs is 1. The molecule has 1 fully saturated rings. The monoisotopic (exact) mass is 409 g/mol. The van der Waals surface area contributed by atoms with Gasteiger partial charge in [0.15, 0.2) is 8.38 Å². The first-order chi connectivity index (χ1) is 13.4. The third-order valence-corrected chi connectivity index (χ3v) is 5.62. The van der Waals surface area contributed by atoms with Gasteiger partial charge in [0.05, 0.1) is 13.3 Å². The molecule has 0 saturated carbocycles. The summed E-state index contributed by atoms with van der Waals surface area (Å²) in [6, 6.07) is 1.79. The maximum atomic E-state index is 12.6. The molecule has 0 unspecified atom stereocenters. The van der Waals surface area contributed by atoms with Crippen molar-refractivity contribution in [3.63, 3.8) is 0 Å². The Bertz CT molecular complexity index is 911. The maximum absolute atomic E-state index is 12.6. The summed E-state index contributed by atoms with van der Waals surface area (Å²) in [5.74, 6) is 0.690. The van der Waals surface area contributed by atoms with Gasteiger partial charge in [0.2, 0.25) is 11.8 Å². The molecule has 0 aliphatic carbocycles. The second kappa shape index (κ2) is 8.81. The number of nitrogens with two attached hydrogens (primary N) is 1. The molecule has 2 aromatic heterocycles. The number of methoxy groups -OCH3 is 1. The van der Waals surface area contributed by atoms with Gasteiger partial charge in [-0.05, 0) is 31.2 Å². The summed E-state index contributed by atoms with van der Waals surface area (Å²) in [7, 11) is -0.386. The molecule has 0 atom stereocenters. The molecule has 0 bridgehead atoms. The number of carbonyl (C=O) groups is 1. The minimum atomic E-state index is -1.83. The second-order valence-electron chi connectivity index (χ2n) is 6.84. The molecule has 4 N–H and O–H groups in total. The molecule has 0 spiro atoms. The van der Waals surface area contributed by atoms with E-state index in [2.05, 4.69) is 15.0 Å². The molecule has 10 nitrogen and oxygen atoms in total. The molecular formula is C17H24N5O5P. The quantitative estimate of drug-likeness (QED) is 0.550. The van der Waals surface area contributed by atoms with Gasteiger partial charge in [0.1, 0.15) is 17.7 Å². The number of aromatic nitrogens is 3.